The molecule has 1 aliphatic carbocycles. The van der Waals surface area contributed by atoms with E-state index in [0.29, 0.717) is 23.7 Å². The van der Waals surface area contributed by atoms with E-state index in [9.17, 15) is 9.59 Å². The van der Waals surface area contributed by atoms with Crippen molar-refractivity contribution in [2.75, 3.05) is 0 Å². The first kappa shape index (κ1) is 21.4. The first-order valence-corrected chi connectivity index (χ1v) is 11.2. The number of ether oxygens (including phenoxy) is 1. The van der Waals surface area contributed by atoms with Crippen molar-refractivity contribution in [2.24, 2.45) is 0 Å². The van der Waals surface area contributed by atoms with Crippen molar-refractivity contribution in [1.82, 2.24) is 0 Å². The van der Waals surface area contributed by atoms with Crippen LogP contribution in [0.2, 0.25) is 0 Å². The highest BCUT2D eigenvalue weighted by molar-refractivity contribution is 9.13. The number of esters is 1. The van der Waals surface area contributed by atoms with E-state index in [1.54, 1.807) is 12.2 Å². The smallest absolute Gasteiger partial charge is 0.308 e. The molecule has 0 unspecified atom stereocenters. The maximum atomic E-state index is 12.1. The van der Waals surface area contributed by atoms with Crippen LogP contribution in [0.5, 0.6) is 5.75 Å². The topological polar surface area (TPSA) is 43.4 Å². The molecule has 0 spiro atoms. The number of carbonyl (C=O) groups excluding carboxylic acids is 2. The molecular weight excluding hydrogens is 620 g/mol. The summed E-state index contributed by atoms with van der Waals surface area (Å²) in [7, 11) is 0. The SMILES string of the molecule is CC(=O)Oc1c(Br)cc(C(=C2C=C(Br)C(=O)C(Br)=C2)c2ccccc2)cc1Br. The van der Waals surface area contributed by atoms with Gasteiger partial charge in [0.05, 0.1) is 17.9 Å². The summed E-state index contributed by atoms with van der Waals surface area (Å²) in [6.45, 7) is 1.36. The summed E-state index contributed by atoms with van der Waals surface area (Å²) in [6.07, 6.45) is 3.61. The van der Waals surface area contributed by atoms with Crippen molar-refractivity contribution < 1.29 is 14.3 Å². The zero-order chi connectivity index (χ0) is 20.4. The lowest BCUT2D eigenvalue weighted by Gasteiger charge is -2.17. The van der Waals surface area contributed by atoms with Crippen LogP contribution < -0.4 is 4.74 Å². The maximum Gasteiger partial charge on any atom is 0.308 e. The predicted octanol–water partition coefficient (Wildman–Crippen LogP) is 7.08. The molecule has 0 heterocycles. The molecule has 0 fully saturated rings. The minimum Gasteiger partial charge on any atom is -0.424 e. The number of benzene rings is 2. The molecule has 0 saturated carbocycles. The van der Waals surface area contributed by atoms with E-state index in [1.165, 1.54) is 6.92 Å². The third kappa shape index (κ3) is 4.64. The molecule has 3 nitrogen and oxygen atoms in total. The highest BCUT2D eigenvalue weighted by atomic mass is 79.9. The van der Waals surface area contributed by atoms with Gasteiger partial charge >= 0.3 is 5.97 Å². The first-order chi connectivity index (χ1) is 13.3. The molecule has 142 valence electrons. The molecule has 2 aromatic carbocycles. The van der Waals surface area contributed by atoms with E-state index < -0.39 is 5.97 Å². The molecule has 3 rings (SSSR count). The Balaban J connectivity index is 2.27. The molecule has 0 aromatic heterocycles. The molecule has 0 bridgehead atoms. The average Bonchev–Trinajstić information content (AvgIpc) is 2.63. The minimum absolute atomic E-state index is 0.108. The van der Waals surface area contributed by atoms with E-state index in [4.69, 9.17) is 4.74 Å². The maximum absolute atomic E-state index is 12.1. The zero-order valence-corrected chi connectivity index (χ0v) is 20.8. The van der Waals surface area contributed by atoms with Crippen molar-refractivity contribution in [3.8, 4) is 5.75 Å². The number of rotatable bonds is 3. The molecule has 28 heavy (non-hydrogen) atoms. The Morgan fingerprint density at radius 3 is 1.89 bits per heavy atom. The summed E-state index contributed by atoms with van der Waals surface area (Å²) in [5, 5.41) is 0. The van der Waals surface area contributed by atoms with Crippen LogP contribution in [0.15, 0.2) is 78.1 Å². The number of hydrogen-bond donors (Lipinski definition) is 0. The number of allylic oxidation sites excluding steroid dienone is 5. The van der Waals surface area contributed by atoms with Gasteiger partial charge in [0, 0.05) is 6.92 Å². The third-order valence-electron chi connectivity index (χ3n) is 3.88. The fourth-order valence-electron chi connectivity index (χ4n) is 2.75. The molecule has 0 radical (unpaired) electrons. The molecule has 7 heteroatoms. The summed E-state index contributed by atoms with van der Waals surface area (Å²) >= 11 is 13.7. The van der Waals surface area contributed by atoms with Gasteiger partial charge in [-0.1, -0.05) is 30.3 Å². The summed E-state index contributed by atoms with van der Waals surface area (Å²) in [5.41, 5.74) is 3.67. The summed E-state index contributed by atoms with van der Waals surface area (Å²) in [4.78, 5) is 23.5. The number of carbonyl (C=O) groups is 2. The minimum atomic E-state index is -0.402. The van der Waals surface area contributed by atoms with Crippen LogP contribution >= 0.6 is 63.7 Å². The Kier molecular flexibility index (Phi) is 6.91. The van der Waals surface area contributed by atoms with Crippen LogP contribution in [-0.4, -0.2) is 11.8 Å². The van der Waals surface area contributed by atoms with Gasteiger partial charge in [-0.15, -0.1) is 0 Å². The summed E-state index contributed by atoms with van der Waals surface area (Å²) in [6, 6.07) is 13.6. The highest BCUT2D eigenvalue weighted by Crippen LogP contribution is 2.40. The molecule has 0 aliphatic heterocycles. The lowest BCUT2D eigenvalue weighted by Crippen LogP contribution is -2.05. The Morgan fingerprint density at radius 2 is 1.39 bits per heavy atom. The van der Waals surface area contributed by atoms with E-state index in [0.717, 1.165) is 22.3 Å². The number of hydrogen-bond acceptors (Lipinski definition) is 3. The Bertz CT molecular complexity index is 1020. The summed E-state index contributed by atoms with van der Waals surface area (Å²) < 4.78 is 7.50. The molecule has 0 saturated heterocycles. The van der Waals surface area contributed by atoms with Gasteiger partial charge in [0.2, 0.25) is 5.78 Å². The third-order valence-corrected chi connectivity index (χ3v) is 6.24. The standard InChI is InChI=1S/C21H12Br4O3/c1-11(26)28-21-17(24)9-14(10-18(21)25)19(12-5-3-2-4-6-12)13-7-15(22)20(27)16(23)8-13/h2-10H,1H3. The lowest BCUT2D eigenvalue weighted by molar-refractivity contribution is -0.132. The number of Topliss-reactive ketones (excluding diaryl/α,β-unsaturated/α-hetero) is 1. The molecule has 0 N–H and O–H groups in total. The van der Waals surface area contributed by atoms with E-state index in [2.05, 4.69) is 63.7 Å². The van der Waals surface area contributed by atoms with Gasteiger partial charge in [-0.2, -0.15) is 0 Å². The van der Waals surface area contributed by atoms with Crippen LogP contribution in [0.3, 0.4) is 0 Å². The average molecular weight is 632 g/mol. The van der Waals surface area contributed by atoms with Gasteiger partial charge in [0.1, 0.15) is 0 Å². The Morgan fingerprint density at radius 1 is 0.857 bits per heavy atom. The second-order valence-corrected chi connectivity index (χ2v) is 9.29. The van der Waals surface area contributed by atoms with Crippen LogP contribution in [0, 0.1) is 0 Å². The molecule has 0 amide bonds. The largest absolute Gasteiger partial charge is 0.424 e. The van der Waals surface area contributed by atoms with Gasteiger partial charge in [0.25, 0.3) is 0 Å². The predicted molar refractivity (Wildman–Crippen MR) is 125 cm³/mol. The Hall–Kier alpha value is -1.28. The van der Waals surface area contributed by atoms with Gasteiger partial charge in [-0.05, 0) is 110 Å². The molecule has 0 atom stereocenters. The molecular formula is C21H12Br4O3. The van der Waals surface area contributed by atoms with E-state index >= 15 is 0 Å². The number of ketones is 1. The normalized spacial score (nSPS) is 13.8. The molecule has 2 aromatic rings. The van der Waals surface area contributed by atoms with Crippen LogP contribution in [0.1, 0.15) is 18.1 Å². The monoisotopic (exact) mass is 628 g/mol. The Labute approximate surface area is 196 Å². The fourth-order valence-corrected chi connectivity index (χ4v) is 5.29. The second kappa shape index (κ2) is 9.03. The number of halogens is 4. The van der Waals surface area contributed by atoms with Crippen molar-refractivity contribution in [3.63, 3.8) is 0 Å². The quantitative estimate of drug-likeness (QED) is 0.269. The lowest BCUT2D eigenvalue weighted by atomic mass is 9.91. The van der Waals surface area contributed by atoms with Gasteiger partial charge in [0.15, 0.2) is 5.75 Å². The van der Waals surface area contributed by atoms with Crippen molar-refractivity contribution >= 4 is 81.0 Å². The van der Waals surface area contributed by atoms with E-state index in [-0.39, 0.29) is 5.78 Å². The van der Waals surface area contributed by atoms with Gasteiger partial charge in [-0.25, -0.2) is 0 Å². The van der Waals surface area contributed by atoms with Crippen molar-refractivity contribution in [1.29, 1.82) is 0 Å². The zero-order valence-electron chi connectivity index (χ0n) is 14.4. The fraction of sp³-hybridized carbons (Fsp3) is 0.0476. The van der Waals surface area contributed by atoms with Crippen LogP contribution in [-0.2, 0) is 9.59 Å². The molecule has 1 aliphatic rings. The highest BCUT2D eigenvalue weighted by Gasteiger charge is 2.21. The summed E-state index contributed by atoms with van der Waals surface area (Å²) in [5.74, 6) is -0.0926. The van der Waals surface area contributed by atoms with Crippen LogP contribution in [0.25, 0.3) is 5.57 Å². The van der Waals surface area contributed by atoms with E-state index in [1.807, 2.05) is 42.5 Å². The van der Waals surface area contributed by atoms with Gasteiger partial charge in [-0.3, -0.25) is 9.59 Å². The van der Waals surface area contributed by atoms with Crippen molar-refractivity contribution in [2.45, 2.75) is 6.92 Å². The second-order valence-electron chi connectivity index (χ2n) is 5.87. The first-order valence-electron chi connectivity index (χ1n) is 8.04. The van der Waals surface area contributed by atoms with Crippen LogP contribution in [0.4, 0.5) is 0 Å². The van der Waals surface area contributed by atoms with Gasteiger partial charge < -0.3 is 4.74 Å². The van der Waals surface area contributed by atoms with Crippen molar-refractivity contribution in [3.05, 3.63) is 89.2 Å².